The molecule has 0 atom stereocenters. The number of aromatic nitrogens is 4. The van der Waals surface area contributed by atoms with Crippen LogP contribution in [0.5, 0.6) is 0 Å². The molecule has 0 radical (unpaired) electrons. The lowest BCUT2D eigenvalue weighted by Crippen LogP contribution is -2.38. The highest BCUT2D eigenvalue weighted by atomic mass is 32.2. The molecule has 9 nitrogen and oxygen atoms in total. The summed E-state index contributed by atoms with van der Waals surface area (Å²) in [7, 11) is -3.42. The van der Waals surface area contributed by atoms with Crippen molar-refractivity contribution in [2.75, 3.05) is 37.3 Å². The van der Waals surface area contributed by atoms with Gasteiger partial charge in [0.25, 0.3) is 0 Å². The van der Waals surface area contributed by atoms with Crippen LogP contribution >= 0.6 is 0 Å². The molecule has 0 unspecified atom stereocenters. The molecule has 2 fully saturated rings. The SMILES string of the molecule is Cc1ccn(CCC(=O)N2CCC(c3nc(N4CCCC4)ncc3S(C)(=O)=O)CC2)n1. The molecule has 1 amide bonds. The first kappa shape index (κ1) is 21.7. The molecule has 0 N–H and O–H groups in total. The van der Waals surface area contributed by atoms with Crippen molar-refractivity contribution in [3.05, 3.63) is 29.8 Å². The third kappa shape index (κ3) is 5.06. The first-order chi connectivity index (χ1) is 14.8. The number of piperidine rings is 1. The maximum absolute atomic E-state index is 12.6. The Kier molecular flexibility index (Phi) is 6.27. The van der Waals surface area contributed by atoms with Gasteiger partial charge in [0.1, 0.15) is 4.90 Å². The molecular weight excluding hydrogens is 416 g/mol. The van der Waals surface area contributed by atoms with Crippen molar-refractivity contribution in [3.63, 3.8) is 0 Å². The molecule has 2 saturated heterocycles. The predicted molar refractivity (Wildman–Crippen MR) is 117 cm³/mol. The van der Waals surface area contributed by atoms with Crippen LogP contribution in [0.1, 0.15) is 49.4 Å². The Morgan fingerprint density at radius 3 is 2.48 bits per heavy atom. The maximum Gasteiger partial charge on any atom is 0.225 e. The molecule has 31 heavy (non-hydrogen) atoms. The van der Waals surface area contributed by atoms with Crippen LogP contribution in [-0.4, -0.2) is 71.4 Å². The average molecular weight is 447 g/mol. The number of rotatable bonds is 6. The summed E-state index contributed by atoms with van der Waals surface area (Å²) >= 11 is 0. The fourth-order valence-corrected chi connectivity index (χ4v) is 5.22. The molecule has 2 aromatic rings. The highest BCUT2D eigenvalue weighted by Crippen LogP contribution is 2.32. The van der Waals surface area contributed by atoms with E-state index in [2.05, 4.69) is 15.0 Å². The van der Waals surface area contributed by atoms with Crippen molar-refractivity contribution in [2.24, 2.45) is 0 Å². The summed E-state index contributed by atoms with van der Waals surface area (Å²) in [5.41, 5.74) is 1.55. The highest BCUT2D eigenvalue weighted by Gasteiger charge is 2.30. The molecule has 2 aliphatic heterocycles. The van der Waals surface area contributed by atoms with Gasteiger partial charge in [0, 0.05) is 57.5 Å². The Hall–Kier alpha value is -2.49. The molecule has 0 bridgehead atoms. The topological polar surface area (TPSA) is 101 Å². The number of carbonyl (C=O) groups is 1. The number of aryl methyl sites for hydroxylation is 2. The lowest BCUT2D eigenvalue weighted by Gasteiger charge is -2.32. The Balaban J connectivity index is 1.43. The van der Waals surface area contributed by atoms with Crippen LogP contribution in [0.25, 0.3) is 0 Å². The Labute approximate surface area is 183 Å². The number of hydrogen-bond donors (Lipinski definition) is 0. The molecule has 0 aromatic carbocycles. The van der Waals surface area contributed by atoms with E-state index in [4.69, 9.17) is 4.98 Å². The van der Waals surface area contributed by atoms with Gasteiger partial charge in [-0.15, -0.1) is 0 Å². The van der Waals surface area contributed by atoms with Crippen molar-refractivity contribution in [3.8, 4) is 0 Å². The summed E-state index contributed by atoms with van der Waals surface area (Å²) in [4.78, 5) is 25.9. The minimum absolute atomic E-state index is 0.00638. The first-order valence-corrected chi connectivity index (χ1v) is 12.8. The summed E-state index contributed by atoms with van der Waals surface area (Å²) < 4.78 is 26.5. The van der Waals surface area contributed by atoms with Crippen molar-refractivity contribution < 1.29 is 13.2 Å². The van der Waals surface area contributed by atoms with Gasteiger partial charge >= 0.3 is 0 Å². The van der Waals surface area contributed by atoms with E-state index in [-0.39, 0.29) is 16.7 Å². The predicted octanol–water partition coefficient (Wildman–Crippen LogP) is 1.78. The highest BCUT2D eigenvalue weighted by molar-refractivity contribution is 7.90. The number of nitrogens with zero attached hydrogens (tertiary/aromatic N) is 6. The van der Waals surface area contributed by atoms with Crippen molar-refractivity contribution >= 4 is 21.7 Å². The molecular formula is C21H30N6O3S. The van der Waals surface area contributed by atoms with Crippen LogP contribution in [0.4, 0.5) is 5.95 Å². The normalized spacial score (nSPS) is 18.0. The molecule has 168 valence electrons. The number of sulfone groups is 1. The van der Waals surface area contributed by atoms with E-state index < -0.39 is 9.84 Å². The molecule has 0 aliphatic carbocycles. The Morgan fingerprint density at radius 2 is 1.87 bits per heavy atom. The smallest absolute Gasteiger partial charge is 0.225 e. The summed E-state index contributed by atoms with van der Waals surface area (Å²) in [5.74, 6) is 0.732. The summed E-state index contributed by atoms with van der Waals surface area (Å²) in [6.07, 6.45) is 8.57. The maximum atomic E-state index is 12.6. The number of carbonyl (C=O) groups excluding carboxylic acids is 1. The molecule has 4 rings (SSSR count). The summed E-state index contributed by atoms with van der Waals surface area (Å²) in [6.45, 7) is 5.51. The number of anilines is 1. The average Bonchev–Trinajstić information content (AvgIpc) is 3.43. The van der Waals surface area contributed by atoms with Crippen LogP contribution in [-0.2, 0) is 21.2 Å². The number of hydrogen-bond acceptors (Lipinski definition) is 7. The van der Waals surface area contributed by atoms with Gasteiger partial charge in [-0.2, -0.15) is 5.10 Å². The lowest BCUT2D eigenvalue weighted by atomic mass is 9.93. The molecule has 0 spiro atoms. The van der Waals surface area contributed by atoms with Gasteiger partial charge in [-0.3, -0.25) is 9.48 Å². The fourth-order valence-electron chi connectivity index (χ4n) is 4.38. The number of amides is 1. The molecule has 2 aliphatic rings. The summed E-state index contributed by atoms with van der Waals surface area (Å²) in [5, 5.41) is 4.32. The zero-order valence-corrected chi connectivity index (χ0v) is 19.0. The summed E-state index contributed by atoms with van der Waals surface area (Å²) in [6, 6.07) is 1.92. The quantitative estimate of drug-likeness (QED) is 0.667. The second kappa shape index (κ2) is 8.94. The van der Waals surface area contributed by atoms with Crippen molar-refractivity contribution in [2.45, 2.75) is 56.4 Å². The molecule has 4 heterocycles. The van der Waals surface area contributed by atoms with E-state index in [9.17, 15) is 13.2 Å². The monoisotopic (exact) mass is 446 g/mol. The van der Waals surface area contributed by atoms with Gasteiger partial charge in [0.05, 0.1) is 17.6 Å². The van der Waals surface area contributed by atoms with Crippen LogP contribution < -0.4 is 4.90 Å². The molecule has 0 saturated carbocycles. The third-order valence-corrected chi connectivity index (χ3v) is 7.24. The van der Waals surface area contributed by atoms with E-state index in [0.717, 1.165) is 31.6 Å². The van der Waals surface area contributed by atoms with E-state index in [0.29, 0.717) is 50.5 Å². The van der Waals surface area contributed by atoms with Crippen molar-refractivity contribution in [1.82, 2.24) is 24.6 Å². The van der Waals surface area contributed by atoms with Crippen LogP contribution in [0.15, 0.2) is 23.4 Å². The van der Waals surface area contributed by atoms with Crippen molar-refractivity contribution in [1.29, 1.82) is 0 Å². The molecule has 10 heteroatoms. The van der Waals surface area contributed by atoms with Gasteiger partial charge in [-0.25, -0.2) is 18.4 Å². The van der Waals surface area contributed by atoms with Gasteiger partial charge in [0.15, 0.2) is 9.84 Å². The largest absolute Gasteiger partial charge is 0.343 e. The van der Waals surface area contributed by atoms with Gasteiger partial charge < -0.3 is 9.80 Å². The van der Waals surface area contributed by atoms with Gasteiger partial charge in [0.2, 0.25) is 11.9 Å². The first-order valence-electron chi connectivity index (χ1n) is 10.9. The minimum Gasteiger partial charge on any atom is -0.343 e. The van der Waals surface area contributed by atoms with Crippen LogP contribution in [0.3, 0.4) is 0 Å². The van der Waals surface area contributed by atoms with Gasteiger partial charge in [-0.05, 0) is 38.7 Å². The minimum atomic E-state index is -3.42. The lowest BCUT2D eigenvalue weighted by molar-refractivity contribution is -0.132. The zero-order valence-electron chi connectivity index (χ0n) is 18.2. The standard InChI is InChI=1S/C21H30N6O3S/c1-16-5-13-27(24-16)14-8-19(28)25-11-6-17(7-12-25)20-18(31(2,29)30)15-22-21(23-20)26-9-3-4-10-26/h5,13,15,17H,3-4,6-12,14H2,1-2H3. The second-order valence-corrected chi connectivity index (χ2v) is 10.5. The fraction of sp³-hybridized carbons (Fsp3) is 0.619. The van der Waals surface area contributed by atoms with Crippen LogP contribution in [0.2, 0.25) is 0 Å². The van der Waals surface area contributed by atoms with Gasteiger partial charge in [-0.1, -0.05) is 0 Å². The van der Waals surface area contributed by atoms with E-state index in [1.807, 2.05) is 24.1 Å². The van der Waals surface area contributed by atoms with E-state index in [1.54, 1.807) is 4.68 Å². The Bertz CT molecular complexity index is 1040. The Morgan fingerprint density at radius 1 is 1.16 bits per heavy atom. The van der Waals surface area contributed by atoms with E-state index >= 15 is 0 Å². The third-order valence-electron chi connectivity index (χ3n) is 6.12. The zero-order chi connectivity index (χ0) is 22.0. The van der Waals surface area contributed by atoms with E-state index in [1.165, 1.54) is 12.5 Å². The van der Waals surface area contributed by atoms with Crippen LogP contribution in [0, 0.1) is 6.92 Å². The number of likely N-dealkylation sites (tertiary alicyclic amines) is 1. The second-order valence-electron chi connectivity index (χ2n) is 8.51. The molecule has 2 aromatic heterocycles.